The van der Waals surface area contributed by atoms with Gasteiger partial charge < -0.3 is 14.2 Å². The summed E-state index contributed by atoms with van der Waals surface area (Å²) >= 11 is 0. The van der Waals surface area contributed by atoms with Gasteiger partial charge in [0.1, 0.15) is 0 Å². The molecule has 0 fully saturated rings. The first-order chi connectivity index (χ1) is 2.50. The van der Waals surface area contributed by atoms with E-state index in [2.05, 4.69) is 16.3 Å². The Morgan fingerprint density at radius 3 is 2.83 bits per heavy atom. The second kappa shape index (κ2) is 3.29. The first-order valence-corrected chi connectivity index (χ1v) is 1.35. The van der Waals surface area contributed by atoms with Gasteiger partial charge in [0.2, 0.25) is 0 Å². The SMILES string of the molecule is [H-].[H-].[H-].[Zr+4].[c-]1ncc[nH]1. The van der Waals surface area contributed by atoms with Crippen LogP contribution in [-0.2, 0) is 26.2 Å². The van der Waals surface area contributed by atoms with Crippen LogP contribution < -0.4 is 0 Å². The van der Waals surface area contributed by atoms with Gasteiger partial charge in [-0.2, -0.15) is 0 Å². The maximum atomic E-state index is 3.54. The van der Waals surface area contributed by atoms with E-state index >= 15 is 0 Å². The van der Waals surface area contributed by atoms with E-state index in [9.17, 15) is 0 Å². The first kappa shape index (κ1) is 6.09. The van der Waals surface area contributed by atoms with E-state index in [1.165, 1.54) is 0 Å². The zero-order chi connectivity index (χ0) is 3.54. The average molecular weight is 161 g/mol. The molecule has 0 saturated carbocycles. The van der Waals surface area contributed by atoms with Crippen molar-refractivity contribution in [2.75, 3.05) is 0 Å². The van der Waals surface area contributed by atoms with Crippen LogP contribution in [0.1, 0.15) is 4.28 Å². The standard InChI is InChI=1S/C3H3N2.Zr.3H/c1-2-5-3-4-1;;;;/h1-2H,(H,4,5);;;;/q-1;+4;3*-1. The molecule has 1 heterocycles. The number of aromatic amines is 1. The molecule has 1 rings (SSSR count). The quantitative estimate of drug-likeness (QED) is 0.553. The van der Waals surface area contributed by atoms with Crippen molar-refractivity contribution >= 4 is 0 Å². The molecular formula is C3H6N2Zr. The molecule has 2 nitrogen and oxygen atoms in total. The van der Waals surface area contributed by atoms with E-state index in [1.807, 2.05) is 0 Å². The fraction of sp³-hybridized carbons (Fsp3) is 0. The fourth-order valence-corrected chi connectivity index (χ4v) is 0.186. The van der Waals surface area contributed by atoms with Crippen molar-refractivity contribution in [3.05, 3.63) is 18.7 Å². The van der Waals surface area contributed by atoms with Gasteiger partial charge in [0.15, 0.2) is 0 Å². The first-order valence-electron chi connectivity index (χ1n) is 1.35. The second-order valence-electron chi connectivity index (χ2n) is 0.701. The van der Waals surface area contributed by atoms with Crippen molar-refractivity contribution in [1.82, 2.24) is 9.97 Å². The molecule has 6 heavy (non-hydrogen) atoms. The smallest absolute Gasteiger partial charge is 1.00 e. The van der Waals surface area contributed by atoms with E-state index in [-0.39, 0.29) is 30.5 Å². The number of nitrogens with one attached hydrogen (secondary N) is 1. The van der Waals surface area contributed by atoms with Gasteiger partial charge in [0, 0.05) is 0 Å². The van der Waals surface area contributed by atoms with E-state index in [0.717, 1.165) is 0 Å². The van der Waals surface area contributed by atoms with Crippen molar-refractivity contribution in [3.8, 4) is 0 Å². The Morgan fingerprint density at radius 2 is 2.67 bits per heavy atom. The molecule has 1 N–H and O–H groups in total. The van der Waals surface area contributed by atoms with Gasteiger partial charge >= 0.3 is 26.2 Å². The molecule has 3 heteroatoms. The molecule has 0 aliphatic heterocycles. The Morgan fingerprint density at radius 1 is 1.83 bits per heavy atom. The number of rotatable bonds is 0. The van der Waals surface area contributed by atoms with Crippen LogP contribution in [0.25, 0.3) is 0 Å². The second-order valence-corrected chi connectivity index (χ2v) is 0.701. The van der Waals surface area contributed by atoms with Gasteiger partial charge in [-0.3, -0.25) is 0 Å². The third kappa shape index (κ3) is 1.51. The van der Waals surface area contributed by atoms with E-state index < -0.39 is 0 Å². The summed E-state index contributed by atoms with van der Waals surface area (Å²) in [7, 11) is 0. The van der Waals surface area contributed by atoms with Crippen LogP contribution in [0, 0.1) is 6.33 Å². The number of imidazole rings is 1. The Balaban J connectivity index is -0.0000000312. The topological polar surface area (TPSA) is 28.7 Å². The monoisotopic (exact) mass is 160 g/mol. The molecule has 0 unspecified atom stereocenters. The molecule has 0 bridgehead atoms. The molecule has 1 aromatic rings. The number of nitrogens with zero attached hydrogens (tertiary/aromatic N) is 1. The minimum Gasteiger partial charge on any atom is -1.00 e. The number of hydrogen-bond donors (Lipinski definition) is 1. The molecule has 0 radical (unpaired) electrons. The summed E-state index contributed by atoms with van der Waals surface area (Å²) in [4.78, 5) is 6.17. The molecule has 32 valence electrons. The molecule has 0 aliphatic carbocycles. The maximum absolute atomic E-state index is 3.54. The van der Waals surface area contributed by atoms with Crippen LogP contribution >= 0.6 is 0 Å². The minimum absolute atomic E-state index is 0. The van der Waals surface area contributed by atoms with E-state index in [4.69, 9.17) is 0 Å². The third-order valence-corrected chi connectivity index (χ3v) is 0.362. The average Bonchev–Trinajstić information content (AvgIpc) is 1.76. The van der Waals surface area contributed by atoms with Crippen LogP contribution in [0.3, 0.4) is 0 Å². The number of aromatic nitrogens is 2. The summed E-state index contributed by atoms with van der Waals surface area (Å²) in [6, 6.07) is 0. The van der Waals surface area contributed by atoms with Crippen molar-refractivity contribution in [1.29, 1.82) is 0 Å². The molecular weight excluding hydrogens is 155 g/mol. The Bertz CT molecular complexity index is 73.5. The summed E-state index contributed by atoms with van der Waals surface area (Å²) in [6.07, 6.45) is 5.83. The summed E-state index contributed by atoms with van der Waals surface area (Å²) in [5.41, 5.74) is 0. The van der Waals surface area contributed by atoms with Crippen LogP contribution in [-0.4, -0.2) is 9.97 Å². The van der Waals surface area contributed by atoms with Gasteiger partial charge in [-0.25, -0.2) is 0 Å². The Hall–Kier alpha value is 0.0931. The maximum Gasteiger partial charge on any atom is 4.00 e. The van der Waals surface area contributed by atoms with Crippen LogP contribution in [0.2, 0.25) is 0 Å². The van der Waals surface area contributed by atoms with Crippen molar-refractivity contribution in [3.63, 3.8) is 0 Å². The predicted octanol–water partition coefficient (Wildman–Crippen LogP) is 0.545. The Kier molecular flexibility index (Phi) is 3.34. The van der Waals surface area contributed by atoms with Crippen LogP contribution in [0.4, 0.5) is 0 Å². The minimum atomic E-state index is 0. The number of hydrogen-bond acceptors (Lipinski definition) is 1. The largest absolute Gasteiger partial charge is 4.00 e. The molecule has 1 aromatic heterocycles. The fourth-order valence-electron chi connectivity index (χ4n) is 0.186. The number of H-pyrrole nitrogens is 1. The van der Waals surface area contributed by atoms with Gasteiger partial charge in [0.25, 0.3) is 0 Å². The molecule has 0 aromatic carbocycles. The third-order valence-electron chi connectivity index (χ3n) is 0.362. The molecule has 0 atom stereocenters. The van der Waals surface area contributed by atoms with Crippen LogP contribution in [0.5, 0.6) is 0 Å². The zero-order valence-corrected chi connectivity index (χ0v) is 5.56. The normalized spacial score (nSPS) is 6.67. The van der Waals surface area contributed by atoms with Crippen LogP contribution in [0.15, 0.2) is 12.4 Å². The van der Waals surface area contributed by atoms with Gasteiger partial charge in [0.05, 0.1) is 0 Å². The van der Waals surface area contributed by atoms with Gasteiger partial charge in [-0.05, 0) is 6.33 Å². The van der Waals surface area contributed by atoms with Crippen molar-refractivity contribution in [2.24, 2.45) is 0 Å². The van der Waals surface area contributed by atoms with E-state index in [1.54, 1.807) is 12.4 Å². The molecule has 0 amide bonds. The molecule has 0 spiro atoms. The summed E-state index contributed by atoms with van der Waals surface area (Å²) in [5.74, 6) is 0. The molecule has 0 aliphatic rings. The summed E-state index contributed by atoms with van der Waals surface area (Å²) in [6.45, 7) is 0. The van der Waals surface area contributed by atoms with Crippen molar-refractivity contribution in [2.45, 2.75) is 0 Å². The van der Waals surface area contributed by atoms with E-state index in [0.29, 0.717) is 0 Å². The van der Waals surface area contributed by atoms with Gasteiger partial charge in [-0.1, -0.05) is 0 Å². The zero-order valence-electron chi connectivity index (χ0n) is 6.10. The van der Waals surface area contributed by atoms with Gasteiger partial charge in [-0.15, -0.1) is 12.4 Å². The predicted molar refractivity (Wildman–Crippen MR) is 20.8 cm³/mol. The summed E-state index contributed by atoms with van der Waals surface area (Å²) in [5, 5.41) is 0. The van der Waals surface area contributed by atoms with Crippen molar-refractivity contribution < 1.29 is 30.5 Å². The molecule has 0 saturated heterocycles. The summed E-state index contributed by atoms with van der Waals surface area (Å²) < 4.78 is 0. The Labute approximate surface area is 59.6 Å².